The van der Waals surface area contributed by atoms with Gasteiger partial charge in [-0.3, -0.25) is 0 Å². The van der Waals surface area contributed by atoms with E-state index in [-0.39, 0.29) is 0 Å². The van der Waals surface area contributed by atoms with Crippen molar-refractivity contribution in [3.63, 3.8) is 0 Å². The zero-order valence-corrected chi connectivity index (χ0v) is 7.81. The van der Waals surface area contributed by atoms with Crippen molar-refractivity contribution in [3.05, 3.63) is 11.8 Å². The molecule has 0 heterocycles. The first-order valence-corrected chi connectivity index (χ1v) is 4.46. The molecule has 0 aromatic carbocycles. The highest BCUT2D eigenvalue weighted by Crippen LogP contribution is 2.35. The molecular weight excluding hydrogens is 136 g/mol. The fourth-order valence-corrected chi connectivity index (χ4v) is 1.55. The Labute approximate surface area is 69.4 Å². The number of hydrogen-bond donors (Lipinski definition) is 0. The van der Waals surface area contributed by atoms with E-state index in [1.807, 2.05) is 6.92 Å². The summed E-state index contributed by atoms with van der Waals surface area (Å²) in [5.41, 5.74) is 0.458. The minimum atomic E-state index is 0.458. The molecule has 0 spiro atoms. The lowest BCUT2D eigenvalue weighted by molar-refractivity contribution is 0.169. The molecule has 1 nitrogen and oxygen atoms in total. The second kappa shape index (κ2) is 3.29. The number of hydrogen-bond acceptors (Lipinski definition) is 1. The van der Waals surface area contributed by atoms with Crippen molar-refractivity contribution in [2.45, 2.75) is 40.0 Å². The zero-order valence-electron chi connectivity index (χ0n) is 7.81. The van der Waals surface area contributed by atoms with Crippen LogP contribution in [0.3, 0.4) is 0 Å². The van der Waals surface area contributed by atoms with Crippen LogP contribution in [-0.2, 0) is 4.74 Å². The summed E-state index contributed by atoms with van der Waals surface area (Å²) in [5, 5.41) is 0. The average Bonchev–Trinajstić information content (AvgIpc) is 1.85. The van der Waals surface area contributed by atoms with Crippen LogP contribution in [0, 0.1) is 5.41 Å². The largest absolute Gasteiger partial charge is 0.499 e. The van der Waals surface area contributed by atoms with Crippen LogP contribution >= 0.6 is 0 Å². The number of allylic oxidation sites excluding steroid dienone is 2. The summed E-state index contributed by atoms with van der Waals surface area (Å²) in [5.74, 6) is 1.20. The summed E-state index contributed by atoms with van der Waals surface area (Å²) < 4.78 is 5.48. The maximum atomic E-state index is 5.48. The minimum Gasteiger partial charge on any atom is -0.499 e. The molecule has 1 heteroatoms. The van der Waals surface area contributed by atoms with Crippen LogP contribution in [0.4, 0.5) is 0 Å². The van der Waals surface area contributed by atoms with E-state index in [0.717, 1.165) is 13.0 Å². The van der Waals surface area contributed by atoms with Crippen LogP contribution in [-0.4, -0.2) is 6.61 Å². The van der Waals surface area contributed by atoms with Crippen molar-refractivity contribution in [1.82, 2.24) is 0 Å². The van der Waals surface area contributed by atoms with E-state index < -0.39 is 0 Å². The lowest BCUT2D eigenvalue weighted by atomic mass is 9.80. The summed E-state index contributed by atoms with van der Waals surface area (Å²) in [4.78, 5) is 0. The van der Waals surface area contributed by atoms with E-state index >= 15 is 0 Å². The Morgan fingerprint density at radius 2 is 2.27 bits per heavy atom. The van der Waals surface area contributed by atoms with Gasteiger partial charge in [-0.25, -0.2) is 0 Å². The van der Waals surface area contributed by atoms with Gasteiger partial charge in [0.05, 0.1) is 12.4 Å². The SMILES string of the molecule is CCOC1=CCCC(C)(C)C1. The van der Waals surface area contributed by atoms with E-state index in [1.165, 1.54) is 18.6 Å². The third-order valence-electron chi connectivity index (χ3n) is 2.18. The highest BCUT2D eigenvalue weighted by molar-refractivity contribution is 5.02. The van der Waals surface area contributed by atoms with Crippen molar-refractivity contribution in [2.75, 3.05) is 6.61 Å². The van der Waals surface area contributed by atoms with Crippen molar-refractivity contribution in [1.29, 1.82) is 0 Å². The Morgan fingerprint density at radius 3 is 2.82 bits per heavy atom. The molecule has 1 aliphatic rings. The van der Waals surface area contributed by atoms with E-state index in [9.17, 15) is 0 Å². The van der Waals surface area contributed by atoms with Crippen LogP contribution in [0.15, 0.2) is 11.8 Å². The fourth-order valence-electron chi connectivity index (χ4n) is 1.55. The number of rotatable bonds is 2. The molecular formula is C10H18O. The Morgan fingerprint density at radius 1 is 1.55 bits per heavy atom. The van der Waals surface area contributed by atoms with E-state index in [4.69, 9.17) is 4.74 Å². The summed E-state index contributed by atoms with van der Waals surface area (Å²) in [7, 11) is 0. The molecule has 0 bridgehead atoms. The predicted octanol–water partition coefficient (Wildman–Crippen LogP) is 3.12. The van der Waals surface area contributed by atoms with Gasteiger partial charge in [0.2, 0.25) is 0 Å². The van der Waals surface area contributed by atoms with Gasteiger partial charge >= 0.3 is 0 Å². The van der Waals surface area contributed by atoms with Gasteiger partial charge in [-0.2, -0.15) is 0 Å². The molecule has 1 aliphatic carbocycles. The van der Waals surface area contributed by atoms with Crippen molar-refractivity contribution in [2.24, 2.45) is 5.41 Å². The molecule has 64 valence electrons. The van der Waals surface area contributed by atoms with Gasteiger partial charge in [-0.1, -0.05) is 13.8 Å². The Bertz CT molecular complexity index is 156. The Balaban J connectivity index is 2.49. The second-order valence-electron chi connectivity index (χ2n) is 3.98. The van der Waals surface area contributed by atoms with Gasteiger partial charge in [0.25, 0.3) is 0 Å². The standard InChI is InChI=1S/C10H18O/c1-4-11-9-6-5-7-10(2,3)8-9/h6H,4-5,7-8H2,1-3H3. The monoisotopic (exact) mass is 154 g/mol. The second-order valence-corrected chi connectivity index (χ2v) is 3.98. The third-order valence-corrected chi connectivity index (χ3v) is 2.18. The normalized spacial score (nSPS) is 22.6. The highest BCUT2D eigenvalue weighted by Gasteiger charge is 2.23. The molecule has 11 heavy (non-hydrogen) atoms. The average molecular weight is 154 g/mol. The van der Waals surface area contributed by atoms with Gasteiger partial charge in [0, 0.05) is 6.42 Å². The van der Waals surface area contributed by atoms with Crippen LogP contribution in [0.5, 0.6) is 0 Å². The van der Waals surface area contributed by atoms with Gasteiger partial charge in [0.15, 0.2) is 0 Å². The van der Waals surface area contributed by atoms with Crippen molar-refractivity contribution in [3.8, 4) is 0 Å². The predicted molar refractivity (Wildman–Crippen MR) is 47.3 cm³/mol. The molecule has 0 aromatic heterocycles. The summed E-state index contributed by atoms with van der Waals surface area (Å²) >= 11 is 0. The van der Waals surface area contributed by atoms with E-state index in [1.54, 1.807) is 0 Å². The molecule has 0 radical (unpaired) electrons. The molecule has 0 aromatic rings. The molecule has 0 atom stereocenters. The number of ether oxygens (including phenoxy) is 1. The molecule has 0 saturated carbocycles. The lowest BCUT2D eigenvalue weighted by Crippen LogP contribution is -2.16. The molecule has 0 aliphatic heterocycles. The highest BCUT2D eigenvalue weighted by atomic mass is 16.5. The molecule has 0 saturated heterocycles. The van der Waals surface area contributed by atoms with Gasteiger partial charge < -0.3 is 4.74 Å². The maximum Gasteiger partial charge on any atom is 0.0925 e. The summed E-state index contributed by atoms with van der Waals surface area (Å²) in [6.45, 7) is 7.46. The smallest absolute Gasteiger partial charge is 0.0925 e. The van der Waals surface area contributed by atoms with Crippen LogP contribution in [0.1, 0.15) is 40.0 Å². The van der Waals surface area contributed by atoms with Crippen LogP contribution in [0.2, 0.25) is 0 Å². The third kappa shape index (κ3) is 2.57. The van der Waals surface area contributed by atoms with E-state index in [2.05, 4.69) is 19.9 Å². The molecule has 1 rings (SSSR count). The first-order chi connectivity index (χ1) is 5.14. The van der Waals surface area contributed by atoms with Crippen LogP contribution in [0.25, 0.3) is 0 Å². The summed E-state index contributed by atoms with van der Waals surface area (Å²) in [6.07, 6.45) is 5.82. The molecule has 0 fully saturated rings. The topological polar surface area (TPSA) is 9.23 Å². The molecule has 0 amide bonds. The molecule has 0 N–H and O–H groups in total. The Hall–Kier alpha value is -0.460. The zero-order chi connectivity index (χ0) is 8.32. The van der Waals surface area contributed by atoms with Gasteiger partial charge in [-0.05, 0) is 31.3 Å². The quantitative estimate of drug-likeness (QED) is 0.593. The minimum absolute atomic E-state index is 0.458. The molecule has 0 unspecified atom stereocenters. The van der Waals surface area contributed by atoms with Crippen molar-refractivity contribution >= 4 is 0 Å². The van der Waals surface area contributed by atoms with Crippen molar-refractivity contribution < 1.29 is 4.74 Å². The fraction of sp³-hybridized carbons (Fsp3) is 0.800. The van der Waals surface area contributed by atoms with Gasteiger partial charge in [0.1, 0.15) is 0 Å². The first-order valence-electron chi connectivity index (χ1n) is 4.46. The summed E-state index contributed by atoms with van der Waals surface area (Å²) in [6, 6.07) is 0. The first kappa shape index (κ1) is 8.63. The lowest BCUT2D eigenvalue weighted by Gasteiger charge is -2.29. The maximum absolute atomic E-state index is 5.48. The Kier molecular flexibility index (Phi) is 2.58. The van der Waals surface area contributed by atoms with E-state index in [0.29, 0.717) is 5.41 Å². The van der Waals surface area contributed by atoms with Crippen LogP contribution < -0.4 is 0 Å². The van der Waals surface area contributed by atoms with Gasteiger partial charge in [-0.15, -0.1) is 0 Å².